The normalized spacial score (nSPS) is 12.2. The number of halogens is 2. The average Bonchev–Trinajstić information content (AvgIpc) is 2.43. The average molecular weight is 340 g/mol. The summed E-state index contributed by atoms with van der Waals surface area (Å²) in [7, 11) is 0. The zero-order chi connectivity index (χ0) is 13.8. The van der Waals surface area contributed by atoms with Crippen LogP contribution < -0.4 is 5.32 Å². The number of hydrogen-bond acceptors (Lipinski definition) is 2. The number of hydrogen-bond donors (Lipinski definition) is 1. The van der Waals surface area contributed by atoms with Gasteiger partial charge in [0, 0.05) is 16.6 Å². The fourth-order valence-electron chi connectivity index (χ4n) is 1.81. The van der Waals surface area contributed by atoms with Crippen LogP contribution in [0.4, 0.5) is 10.1 Å². The molecule has 2 rings (SSSR count). The first-order chi connectivity index (χ1) is 9.10. The van der Waals surface area contributed by atoms with Gasteiger partial charge in [-0.3, -0.25) is 0 Å². The zero-order valence-electron chi connectivity index (χ0n) is 10.8. The highest BCUT2D eigenvalue weighted by Gasteiger charge is 2.07. The highest BCUT2D eigenvalue weighted by atomic mass is 79.9. The highest BCUT2D eigenvalue weighted by molar-refractivity contribution is 9.10. The Morgan fingerprint density at radius 3 is 2.42 bits per heavy atom. The number of benzene rings is 2. The Morgan fingerprint density at radius 2 is 1.84 bits per heavy atom. The van der Waals surface area contributed by atoms with E-state index in [4.69, 9.17) is 0 Å². The third-order valence-corrected chi connectivity index (χ3v) is 4.27. The van der Waals surface area contributed by atoms with Gasteiger partial charge in [0.1, 0.15) is 5.82 Å². The molecular formula is C15H15BrFNS. The largest absolute Gasteiger partial charge is 0.378 e. The minimum Gasteiger partial charge on any atom is -0.378 e. The number of rotatable bonds is 4. The first kappa shape index (κ1) is 14.4. The molecule has 2 aromatic rings. The summed E-state index contributed by atoms with van der Waals surface area (Å²) in [5.41, 5.74) is 2.10. The van der Waals surface area contributed by atoms with Crippen molar-refractivity contribution in [3.05, 3.63) is 58.3 Å². The molecule has 0 fully saturated rings. The molecule has 0 radical (unpaired) electrons. The van der Waals surface area contributed by atoms with Crippen molar-refractivity contribution in [2.75, 3.05) is 11.6 Å². The first-order valence-corrected chi connectivity index (χ1v) is 7.97. The molecule has 1 unspecified atom stereocenters. The molecule has 0 aliphatic heterocycles. The molecule has 0 bridgehead atoms. The summed E-state index contributed by atoms with van der Waals surface area (Å²) in [5.74, 6) is -0.248. The van der Waals surface area contributed by atoms with Gasteiger partial charge in [-0.05, 0) is 65.0 Å². The van der Waals surface area contributed by atoms with Crippen molar-refractivity contribution in [1.82, 2.24) is 0 Å². The van der Waals surface area contributed by atoms with E-state index in [0.29, 0.717) is 4.47 Å². The SMILES string of the molecule is CSc1ccc(C(C)Nc2ccc(F)c(Br)c2)cc1. The van der Waals surface area contributed by atoms with E-state index in [1.165, 1.54) is 16.5 Å². The number of nitrogens with one attached hydrogen (secondary N) is 1. The van der Waals surface area contributed by atoms with Crippen molar-refractivity contribution in [3.63, 3.8) is 0 Å². The van der Waals surface area contributed by atoms with Crippen molar-refractivity contribution in [3.8, 4) is 0 Å². The third-order valence-electron chi connectivity index (χ3n) is 2.92. The predicted molar refractivity (Wildman–Crippen MR) is 84.4 cm³/mol. The summed E-state index contributed by atoms with van der Waals surface area (Å²) in [6.07, 6.45) is 2.06. The molecule has 19 heavy (non-hydrogen) atoms. The van der Waals surface area contributed by atoms with Crippen molar-refractivity contribution in [2.45, 2.75) is 17.9 Å². The molecule has 1 nitrogen and oxygen atoms in total. The summed E-state index contributed by atoms with van der Waals surface area (Å²) >= 11 is 4.92. The van der Waals surface area contributed by atoms with Crippen molar-refractivity contribution in [2.24, 2.45) is 0 Å². The van der Waals surface area contributed by atoms with Gasteiger partial charge < -0.3 is 5.32 Å². The maximum absolute atomic E-state index is 13.2. The molecule has 0 saturated heterocycles. The second-order valence-corrected chi connectivity index (χ2v) is 6.00. The lowest BCUT2D eigenvalue weighted by molar-refractivity contribution is 0.621. The van der Waals surface area contributed by atoms with E-state index in [0.717, 1.165) is 5.69 Å². The van der Waals surface area contributed by atoms with Gasteiger partial charge in [0.25, 0.3) is 0 Å². The van der Waals surface area contributed by atoms with Crippen LogP contribution in [0.15, 0.2) is 51.8 Å². The van der Waals surface area contributed by atoms with Crippen molar-refractivity contribution in [1.29, 1.82) is 0 Å². The van der Waals surface area contributed by atoms with E-state index in [1.54, 1.807) is 23.9 Å². The number of thioether (sulfide) groups is 1. The van der Waals surface area contributed by atoms with Crippen molar-refractivity contribution < 1.29 is 4.39 Å². The van der Waals surface area contributed by atoms with E-state index in [9.17, 15) is 4.39 Å². The molecule has 0 saturated carbocycles. The van der Waals surface area contributed by atoms with Gasteiger partial charge in [0.15, 0.2) is 0 Å². The third kappa shape index (κ3) is 3.74. The van der Waals surface area contributed by atoms with Crippen LogP contribution in [0.3, 0.4) is 0 Å². The fourth-order valence-corrected chi connectivity index (χ4v) is 2.60. The first-order valence-electron chi connectivity index (χ1n) is 5.95. The lowest BCUT2D eigenvalue weighted by Crippen LogP contribution is -2.06. The molecule has 0 aliphatic rings. The summed E-state index contributed by atoms with van der Waals surface area (Å²) in [5, 5.41) is 3.36. The van der Waals surface area contributed by atoms with Crippen LogP contribution in [0.2, 0.25) is 0 Å². The Labute approximate surface area is 125 Å². The maximum Gasteiger partial charge on any atom is 0.137 e. The standard InChI is InChI=1S/C15H15BrFNS/c1-10(11-3-6-13(19-2)7-4-11)18-12-5-8-15(17)14(16)9-12/h3-10,18H,1-2H3. The Kier molecular flexibility index (Phi) is 4.88. The van der Waals surface area contributed by atoms with Crippen molar-refractivity contribution >= 4 is 33.4 Å². The van der Waals surface area contributed by atoms with E-state index in [-0.39, 0.29) is 11.9 Å². The van der Waals surface area contributed by atoms with Crippen LogP contribution in [0.1, 0.15) is 18.5 Å². The van der Waals surface area contributed by atoms with Crippen LogP contribution >= 0.6 is 27.7 Å². The smallest absolute Gasteiger partial charge is 0.137 e. The molecule has 1 atom stereocenters. The van der Waals surface area contributed by atoms with Gasteiger partial charge in [-0.2, -0.15) is 0 Å². The van der Waals surface area contributed by atoms with Crippen LogP contribution in [-0.2, 0) is 0 Å². The van der Waals surface area contributed by atoms with Gasteiger partial charge in [-0.25, -0.2) is 4.39 Å². The molecule has 2 aromatic carbocycles. The maximum atomic E-state index is 13.2. The lowest BCUT2D eigenvalue weighted by Gasteiger charge is -2.16. The molecule has 0 spiro atoms. The van der Waals surface area contributed by atoms with E-state index >= 15 is 0 Å². The van der Waals surface area contributed by atoms with Crippen LogP contribution in [-0.4, -0.2) is 6.26 Å². The fraction of sp³-hybridized carbons (Fsp3) is 0.200. The molecular weight excluding hydrogens is 325 g/mol. The Balaban J connectivity index is 2.10. The van der Waals surface area contributed by atoms with Crippen LogP contribution in [0.25, 0.3) is 0 Å². The summed E-state index contributed by atoms with van der Waals surface area (Å²) in [6.45, 7) is 2.09. The Morgan fingerprint density at radius 1 is 1.16 bits per heavy atom. The van der Waals surface area contributed by atoms with Gasteiger partial charge in [-0.1, -0.05) is 12.1 Å². The molecule has 1 N–H and O–H groups in total. The molecule has 0 aromatic heterocycles. The summed E-state index contributed by atoms with van der Waals surface area (Å²) in [4.78, 5) is 1.25. The van der Waals surface area contributed by atoms with E-state index < -0.39 is 0 Å². The van der Waals surface area contributed by atoms with Gasteiger partial charge in [-0.15, -0.1) is 11.8 Å². The summed E-state index contributed by atoms with van der Waals surface area (Å²) < 4.78 is 13.6. The quantitative estimate of drug-likeness (QED) is 0.740. The summed E-state index contributed by atoms with van der Waals surface area (Å²) in [6, 6.07) is 13.6. The molecule has 0 aliphatic carbocycles. The van der Waals surface area contributed by atoms with E-state index in [1.807, 2.05) is 0 Å². The zero-order valence-corrected chi connectivity index (χ0v) is 13.2. The highest BCUT2D eigenvalue weighted by Crippen LogP contribution is 2.25. The molecule has 4 heteroatoms. The van der Waals surface area contributed by atoms with Gasteiger partial charge in [0.05, 0.1) is 4.47 Å². The number of anilines is 1. The van der Waals surface area contributed by atoms with Crippen LogP contribution in [0.5, 0.6) is 0 Å². The second-order valence-electron chi connectivity index (χ2n) is 4.27. The molecule has 0 heterocycles. The molecule has 100 valence electrons. The predicted octanol–water partition coefficient (Wildman–Crippen LogP) is 5.48. The molecule has 0 amide bonds. The van der Waals surface area contributed by atoms with Crippen LogP contribution in [0, 0.1) is 5.82 Å². The monoisotopic (exact) mass is 339 g/mol. The second kappa shape index (κ2) is 6.44. The topological polar surface area (TPSA) is 12.0 Å². The minimum absolute atomic E-state index is 0.174. The Hall–Kier alpha value is -1.000. The van der Waals surface area contributed by atoms with Gasteiger partial charge >= 0.3 is 0 Å². The lowest BCUT2D eigenvalue weighted by atomic mass is 10.1. The van der Waals surface area contributed by atoms with E-state index in [2.05, 4.69) is 58.7 Å². The Bertz CT molecular complexity index is 557. The van der Waals surface area contributed by atoms with Gasteiger partial charge in [0.2, 0.25) is 0 Å². The minimum atomic E-state index is -0.248.